The van der Waals surface area contributed by atoms with Gasteiger partial charge in [-0.2, -0.15) is 13.2 Å². The minimum atomic E-state index is -5.09. The zero-order chi connectivity index (χ0) is 21.4. The van der Waals surface area contributed by atoms with Crippen LogP contribution in [0, 0.1) is 0 Å². The summed E-state index contributed by atoms with van der Waals surface area (Å²) in [5, 5.41) is 34.6. The summed E-state index contributed by atoms with van der Waals surface area (Å²) in [6, 6.07) is 5.58. The summed E-state index contributed by atoms with van der Waals surface area (Å²) in [6.45, 7) is 0. The Bertz CT molecular complexity index is 748. The number of aliphatic imine (C=N–C) groups is 1. The Balaban J connectivity index is 1.83. The molecule has 162 valence electrons. The molecule has 0 aromatic heterocycles. The predicted octanol–water partition coefficient (Wildman–Crippen LogP) is 1.06. The molecule has 2 aliphatic rings. The maximum atomic E-state index is 13.9. The van der Waals surface area contributed by atoms with Gasteiger partial charge in [0.1, 0.15) is 29.5 Å². The van der Waals surface area contributed by atoms with Crippen molar-refractivity contribution in [2.45, 2.75) is 54.4 Å². The van der Waals surface area contributed by atoms with Gasteiger partial charge < -0.3 is 30.1 Å². The van der Waals surface area contributed by atoms with Crippen molar-refractivity contribution in [1.82, 2.24) is 5.32 Å². The van der Waals surface area contributed by atoms with Crippen LogP contribution < -0.4 is 10.1 Å². The lowest BCUT2D eigenvalue weighted by Crippen LogP contribution is -2.68. The number of methoxy groups -OCH3 is 1. The van der Waals surface area contributed by atoms with Gasteiger partial charge in [0.25, 0.3) is 0 Å². The summed E-state index contributed by atoms with van der Waals surface area (Å²) in [5.74, 6) is 0.555. The number of amidine groups is 1. The number of thioether (sulfide) groups is 1. The fraction of sp³-hybridized carbons (Fsp3) is 0.611. The number of hydrogen-bond donors (Lipinski definition) is 4. The smallest absolute Gasteiger partial charge is 0.419 e. The molecule has 0 radical (unpaired) electrons. The number of benzene rings is 1. The van der Waals surface area contributed by atoms with E-state index in [1.54, 1.807) is 24.3 Å². The second-order valence-corrected chi connectivity index (χ2v) is 8.08. The molecule has 0 bridgehead atoms. The molecule has 1 aromatic carbocycles. The van der Waals surface area contributed by atoms with Crippen LogP contribution in [0.3, 0.4) is 0 Å². The number of nitrogens with one attached hydrogen (secondary N) is 1. The van der Waals surface area contributed by atoms with Gasteiger partial charge in [-0.15, -0.1) is 0 Å². The number of halogens is 3. The van der Waals surface area contributed by atoms with E-state index in [1.807, 2.05) is 0 Å². The summed E-state index contributed by atoms with van der Waals surface area (Å²) in [6.07, 6.45) is -11.5. The Kier molecular flexibility index (Phi) is 6.35. The minimum Gasteiger partial charge on any atom is -0.497 e. The third-order valence-electron chi connectivity index (χ3n) is 5.24. The van der Waals surface area contributed by atoms with E-state index < -0.39 is 48.0 Å². The fourth-order valence-electron chi connectivity index (χ4n) is 3.49. The van der Waals surface area contributed by atoms with Crippen LogP contribution in [-0.2, 0) is 11.2 Å². The standard InChI is InChI=1S/C18H23F3N2O5S/c1-22-16-23-11-12(24)13(25)14(28-15(11)29-16)17(26,18(19,20)21)8-7-9-3-5-10(27-2)6-4-9/h3-6,11-15,24-26H,7-8H2,1-2H3,(H,22,23)/t11-,12-,13+,14+,15-,17?/m1/s1. The van der Waals surface area contributed by atoms with Gasteiger partial charge in [0, 0.05) is 7.05 Å². The molecule has 1 aromatic rings. The third kappa shape index (κ3) is 4.19. The van der Waals surface area contributed by atoms with Crippen molar-refractivity contribution in [2.24, 2.45) is 4.99 Å². The molecule has 0 amide bonds. The molecule has 6 atom stereocenters. The number of fused-ring (bicyclic) bond motifs is 1. The molecular weight excluding hydrogens is 413 g/mol. The molecule has 4 N–H and O–H groups in total. The number of rotatable bonds is 5. The Labute approximate surface area is 169 Å². The lowest BCUT2D eigenvalue weighted by atomic mass is 9.81. The average molecular weight is 436 g/mol. The molecule has 2 heterocycles. The van der Waals surface area contributed by atoms with Gasteiger partial charge >= 0.3 is 6.18 Å². The second-order valence-electron chi connectivity index (χ2n) is 6.99. The van der Waals surface area contributed by atoms with Gasteiger partial charge in [-0.1, -0.05) is 23.9 Å². The predicted molar refractivity (Wildman–Crippen MR) is 101 cm³/mol. The SMILES string of the molecule is CN=C1N[C@@H]2[C@@H](O)[C@H](O)[C@@H](C(O)(CCc3ccc(OC)cc3)C(F)(F)F)O[C@@H]2S1. The summed E-state index contributed by atoms with van der Waals surface area (Å²) in [7, 11) is 2.95. The summed E-state index contributed by atoms with van der Waals surface area (Å²) < 4.78 is 52.2. The van der Waals surface area contributed by atoms with E-state index in [2.05, 4.69) is 10.3 Å². The van der Waals surface area contributed by atoms with Crippen molar-refractivity contribution in [3.05, 3.63) is 29.8 Å². The van der Waals surface area contributed by atoms with Gasteiger partial charge in [0.15, 0.2) is 10.8 Å². The van der Waals surface area contributed by atoms with Crippen LogP contribution >= 0.6 is 11.8 Å². The van der Waals surface area contributed by atoms with Crippen LogP contribution in [0.2, 0.25) is 0 Å². The van der Waals surface area contributed by atoms with Crippen molar-refractivity contribution in [1.29, 1.82) is 0 Å². The number of alkyl halides is 3. The maximum absolute atomic E-state index is 13.9. The van der Waals surface area contributed by atoms with E-state index in [0.717, 1.165) is 11.8 Å². The second kappa shape index (κ2) is 8.31. The normalized spacial score (nSPS) is 33.1. The monoisotopic (exact) mass is 436 g/mol. The molecule has 2 saturated heterocycles. The van der Waals surface area contributed by atoms with E-state index in [0.29, 0.717) is 16.5 Å². The summed E-state index contributed by atoms with van der Waals surface area (Å²) >= 11 is 1.00. The zero-order valence-electron chi connectivity index (χ0n) is 15.8. The maximum Gasteiger partial charge on any atom is 0.419 e. The molecule has 7 nitrogen and oxygen atoms in total. The van der Waals surface area contributed by atoms with Crippen LogP contribution in [0.1, 0.15) is 12.0 Å². The summed E-state index contributed by atoms with van der Waals surface area (Å²) in [5.41, 5.74) is -3.73. The third-order valence-corrected chi connectivity index (χ3v) is 6.40. The molecule has 3 rings (SSSR count). The molecule has 1 unspecified atom stereocenters. The van der Waals surface area contributed by atoms with Gasteiger partial charge in [-0.25, -0.2) is 0 Å². The van der Waals surface area contributed by atoms with Crippen LogP contribution in [0.5, 0.6) is 5.75 Å². The molecule has 29 heavy (non-hydrogen) atoms. The molecule has 2 aliphatic heterocycles. The van der Waals surface area contributed by atoms with E-state index in [4.69, 9.17) is 9.47 Å². The van der Waals surface area contributed by atoms with Gasteiger partial charge in [0.05, 0.1) is 13.2 Å². The van der Waals surface area contributed by atoms with Gasteiger partial charge in [-0.3, -0.25) is 4.99 Å². The van der Waals surface area contributed by atoms with Crippen LogP contribution in [0.25, 0.3) is 0 Å². The Morgan fingerprint density at radius 3 is 2.41 bits per heavy atom. The number of aliphatic hydroxyl groups is 3. The highest BCUT2D eigenvalue weighted by Gasteiger charge is 2.65. The number of ether oxygens (including phenoxy) is 2. The molecular formula is C18H23F3N2O5S. The van der Waals surface area contributed by atoms with E-state index in [9.17, 15) is 28.5 Å². The Morgan fingerprint density at radius 2 is 1.86 bits per heavy atom. The molecule has 11 heteroatoms. The average Bonchev–Trinajstić information content (AvgIpc) is 3.12. The van der Waals surface area contributed by atoms with E-state index >= 15 is 0 Å². The van der Waals surface area contributed by atoms with Crippen LogP contribution in [-0.4, -0.2) is 76.2 Å². The van der Waals surface area contributed by atoms with Crippen molar-refractivity contribution in [3.8, 4) is 5.75 Å². The number of aliphatic hydroxyl groups excluding tert-OH is 2. The number of nitrogens with zero attached hydrogens (tertiary/aromatic N) is 1. The van der Waals surface area contributed by atoms with Gasteiger partial charge in [-0.05, 0) is 30.5 Å². The highest BCUT2D eigenvalue weighted by atomic mass is 32.2. The Hall–Kier alpha value is -1.53. The highest BCUT2D eigenvalue weighted by Crippen LogP contribution is 2.44. The first kappa shape index (κ1) is 22.2. The Morgan fingerprint density at radius 1 is 1.21 bits per heavy atom. The first-order valence-electron chi connectivity index (χ1n) is 8.94. The van der Waals surface area contributed by atoms with E-state index in [1.165, 1.54) is 14.2 Å². The molecule has 0 saturated carbocycles. The van der Waals surface area contributed by atoms with Crippen LogP contribution in [0.15, 0.2) is 29.3 Å². The topological polar surface area (TPSA) is 104 Å². The lowest BCUT2D eigenvalue weighted by molar-refractivity contribution is -0.326. The number of aryl methyl sites for hydroxylation is 1. The van der Waals surface area contributed by atoms with Gasteiger partial charge in [0.2, 0.25) is 0 Å². The number of hydrogen-bond acceptors (Lipinski definition) is 7. The summed E-state index contributed by atoms with van der Waals surface area (Å²) in [4.78, 5) is 3.90. The van der Waals surface area contributed by atoms with E-state index in [-0.39, 0.29) is 6.42 Å². The van der Waals surface area contributed by atoms with Crippen molar-refractivity contribution in [2.75, 3.05) is 14.2 Å². The minimum absolute atomic E-state index is 0.121. The largest absolute Gasteiger partial charge is 0.497 e. The van der Waals surface area contributed by atoms with Crippen molar-refractivity contribution >= 4 is 16.9 Å². The quantitative estimate of drug-likeness (QED) is 0.547. The zero-order valence-corrected chi connectivity index (χ0v) is 16.6. The fourth-order valence-corrected chi connectivity index (χ4v) is 4.57. The van der Waals surface area contributed by atoms with Crippen LogP contribution in [0.4, 0.5) is 13.2 Å². The molecule has 0 aliphatic carbocycles. The molecule has 0 spiro atoms. The highest BCUT2D eigenvalue weighted by molar-refractivity contribution is 8.14. The first-order valence-corrected chi connectivity index (χ1v) is 9.82. The molecule has 2 fully saturated rings. The van der Waals surface area contributed by atoms with Crippen molar-refractivity contribution < 1.29 is 38.0 Å². The lowest BCUT2D eigenvalue weighted by Gasteiger charge is -2.46. The van der Waals surface area contributed by atoms with Crippen molar-refractivity contribution in [3.63, 3.8) is 0 Å². The first-order chi connectivity index (χ1) is 13.6.